The van der Waals surface area contributed by atoms with Crippen molar-refractivity contribution in [1.82, 2.24) is 45.4 Å². The Kier molecular flexibility index (Phi) is 10.9. The van der Waals surface area contributed by atoms with Crippen LogP contribution in [-0.4, -0.2) is 98.1 Å². The summed E-state index contributed by atoms with van der Waals surface area (Å²) in [6.45, 7) is 13.1. The highest BCUT2D eigenvalue weighted by atomic mass is 16.5. The normalized spacial score (nSPS) is 19.3. The second-order valence-corrected chi connectivity index (χ2v) is 16.4. The molecule has 3 aliphatic rings. The van der Waals surface area contributed by atoms with Crippen LogP contribution in [0.25, 0.3) is 33.8 Å². The van der Waals surface area contributed by atoms with Crippen LogP contribution in [0, 0.1) is 11.8 Å². The smallest absolute Gasteiger partial charge is 0.407 e. The van der Waals surface area contributed by atoms with Gasteiger partial charge in [-0.3, -0.25) is 14.6 Å². The van der Waals surface area contributed by atoms with Gasteiger partial charge in [0, 0.05) is 41.4 Å². The molecule has 57 heavy (non-hydrogen) atoms. The molecule has 302 valence electrons. The quantitative estimate of drug-likeness (QED) is 0.144. The SMILES string of the molecule is COC(=O)N[C@H](C(=O)N1CCC[C@H]1c1ncc(-c2ccc(-c3ccc4c(c3)C(C)(C)c3nc([C@@H]5CCCN5C(=O)[C@@H](NC(=O)OC)C(C)C)[nH]c3-4)nc2)[nH]1)C(C)C. The van der Waals surface area contributed by atoms with Gasteiger partial charge in [-0.15, -0.1) is 0 Å². The maximum Gasteiger partial charge on any atom is 0.407 e. The largest absolute Gasteiger partial charge is 0.453 e. The van der Waals surface area contributed by atoms with Crippen LogP contribution in [0.3, 0.4) is 0 Å². The van der Waals surface area contributed by atoms with Gasteiger partial charge in [0.2, 0.25) is 11.8 Å². The van der Waals surface area contributed by atoms with Crippen LogP contribution in [0.15, 0.2) is 42.7 Å². The Morgan fingerprint density at radius 1 is 0.772 bits per heavy atom. The van der Waals surface area contributed by atoms with Crippen molar-refractivity contribution in [3.05, 3.63) is 65.6 Å². The fourth-order valence-corrected chi connectivity index (χ4v) is 8.53. The molecule has 4 atom stereocenters. The number of rotatable bonds is 10. The van der Waals surface area contributed by atoms with Gasteiger partial charge < -0.3 is 39.9 Å². The predicted molar refractivity (Wildman–Crippen MR) is 213 cm³/mol. The van der Waals surface area contributed by atoms with E-state index in [-0.39, 0.29) is 35.7 Å². The zero-order chi connectivity index (χ0) is 40.8. The summed E-state index contributed by atoms with van der Waals surface area (Å²) < 4.78 is 9.55. The van der Waals surface area contributed by atoms with Crippen molar-refractivity contribution in [1.29, 1.82) is 0 Å². The lowest BCUT2D eigenvalue weighted by atomic mass is 9.84. The Hall–Kier alpha value is -5.73. The number of nitrogens with one attached hydrogen (secondary N) is 4. The van der Waals surface area contributed by atoms with E-state index >= 15 is 0 Å². The second-order valence-electron chi connectivity index (χ2n) is 16.4. The molecule has 5 heterocycles. The van der Waals surface area contributed by atoms with Gasteiger partial charge in [-0.25, -0.2) is 19.6 Å². The summed E-state index contributed by atoms with van der Waals surface area (Å²) in [5.41, 5.74) is 7.19. The number of benzene rings is 1. The molecule has 0 bridgehead atoms. The number of hydrogen-bond acceptors (Lipinski definition) is 9. The van der Waals surface area contributed by atoms with Crippen molar-refractivity contribution in [3.8, 4) is 33.8 Å². The summed E-state index contributed by atoms with van der Waals surface area (Å²) in [6.07, 6.45) is 5.57. The molecular weight excluding hydrogens is 727 g/mol. The lowest BCUT2D eigenvalue weighted by molar-refractivity contribution is -0.136. The van der Waals surface area contributed by atoms with Gasteiger partial charge in [0.05, 0.1) is 55.3 Å². The van der Waals surface area contributed by atoms with E-state index in [1.54, 1.807) is 11.1 Å². The summed E-state index contributed by atoms with van der Waals surface area (Å²) in [5.74, 6) is 0.944. The van der Waals surface area contributed by atoms with Crippen molar-refractivity contribution in [2.75, 3.05) is 27.3 Å². The van der Waals surface area contributed by atoms with Crippen molar-refractivity contribution in [2.45, 2.75) is 96.8 Å². The first-order valence-electron chi connectivity index (χ1n) is 19.8. The van der Waals surface area contributed by atoms with Gasteiger partial charge in [-0.05, 0) is 61.3 Å². The molecule has 1 aromatic carbocycles. The van der Waals surface area contributed by atoms with Crippen molar-refractivity contribution in [2.24, 2.45) is 11.8 Å². The summed E-state index contributed by atoms with van der Waals surface area (Å²) in [5, 5.41) is 5.41. The lowest BCUT2D eigenvalue weighted by Crippen LogP contribution is -2.51. The number of fused-ring (bicyclic) bond motifs is 3. The maximum absolute atomic E-state index is 13.7. The standard InChI is InChI=1S/C42H53N9O6/c1-22(2)32(47-40(54)56-7)38(52)50-17-9-11-30(50)36-44-21-29(45-36)25-14-16-28(43-20-25)24-13-15-26-27(19-24)42(5,6)35-34(26)46-37(49-35)31-12-10-18-51(31)39(53)33(23(3)4)48-41(55)57-8/h13-16,19-23,30-33H,9-12,17-18H2,1-8H3,(H,44,45)(H,46,49)(H,47,54)(H,48,55)/t30-,31-,32-,33-/m0/s1. The van der Waals surface area contributed by atoms with Gasteiger partial charge in [-0.2, -0.15) is 0 Å². The van der Waals surface area contributed by atoms with Gasteiger partial charge in [0.15, 0.2) is 0 Å². The monoisotopic (exact) mass is 779 g/mol. The van der Waals surface area contributed by atoms with Gasteiger partial charge in [0.25, 0.3) is 0 Å². The molecule has 4 N–H and O–H groups in total. The highest BCUT2D eigenvalue weighted by molar-refractivity contribution is 5.87. The number of alkyl carbamates (subject to hydrolysis) is 2. The Bertz CT molecular complexity index is 2160. The molecule has 1 aliphatic carbocycles. The third-order valence-corrected chi connectivity index (χ3v) is 11.7. The lowest BCUT2D eigenvalue weighted by Gasteiger charge is -2.30. The maximum atomic E-state index is 13.7. The molecule has 4 aromatic rings. The highest BCUT2D eigenvalue weighted by Gasteiger charge is 2.43. The summed E-state index contributed by atoms with van der Waals surface area (Å²) in [6, 6.07) is 8.54. The van der Waals surface area contributed by atoms with Crippen LogP contribution < -0.4 is 10.6 Å². The van der Waals surface area contributed by atoms with Crippen molar-refractivity contribution >= 4 is 24.0 Å². The zero-order valence-corrected chi connectivity index (χ0v) is 33.9. The third-order valence-electron chi connectivity index (χ3n) is 11.7. The molecular formula is C42H53N9O6. The number of nitrogens with zero attached hydrogens (tertiary/aromatic N) is 5. The first kappa shape index (κ1) is 39.5. The van der Waals surface area contributed by atoms with Crippen LogP contribution >= 0.6 is 0 Å². The van der Waals surface area contributed by atoms with Gasteiger partial charge >= 0.3 is 12.2 Å². The number of H-pyrrole nitrogens is 2. The number of hydrogen-bond donors (Lipinski definition) is 4. The van der Waals surface area contributed by atoms with Crippen molar-refractivity contribution in [3.63, 3.8) is 0 Å². The number of carbonyl (C=O) groups is 4. The topological polar surface area (TPSA) is 188 Å². The van der Waals surface area contributed by atoms with E-state index in [9.17, 15) is 19.2 Å². The average Bonchev–Trinajstić information content (AvgIpc) is 4.05. The van der Waals surface area contributed by atoms with E-state index in [1.807, 2.05) is 50.9 Å². The van der Waals surface area contributed by atoms with Crippen LogP contribution in [-0.2, 0) is 24.5 Å². The van der Waals surface area contributed by atoms with E-state index in [2.05, 4.69) is 57.6 Å². The first-order valence-corrected chi connectivity index (χ1v) is 19.8. The molecule has 15 nitrogen and oxygen atoms in total. The minimum atomic E-state index is -0.700. The summed E-state index contributed by atoms with van der Waals surface area (Å²) in [4.78, 5) is 76.7. The molecule has 0 unspecified atom stereocenters. The molecule has 0 radical (unpaired) electrons. The Labute approximate surface area is 332 Å². The van der Waals surface area contributed by atoms with Gasteiger partial charge in [-0.1, -0.05) is 53.7 Å². The zero-order valence-electron chi connectivity index (χ0n) is 33.9. The van der Waals surface area contributed by atoms with Crippen LogP contribution in [0.2, 0.25) is 0 Å². The van der Waals surface area contributed by atoms with E-state index < -0.39 is 29.7 Å². The summed E-state index contributed by atoms with van der Waals surface area (Å²) in [7, 11) is 2.58. The number of carbonyl (C=O) groups excluding carboxylic acids is 4. The minimum absolute atomic E-state index is 0.113. The number of aromatic amines is 2. The molecule has 4 amide bonds. The second kappa shape index (κ2) is 15.7. The predicted octanol–water partition coefficient (Wildman–Crippen LogP) is 6.26. The molecule has 0 spiro atoms. The van der Waals surface area contributed by atoms with Gasteiger partial charge in [0.1, 0.15) is 23.7 Å². The van der Waals surface area contributed by atoms with E-state index in [4.69, 9.17) is 19.4 Å². The first-order chi connectivity index (χ1) is 27.2. The highest BCUT2D eigenvalue weighted by Crippen LogP contribution is 2.49. The van der Waals surface area contributed by atoms with E-state index in [1.165, 1.54) is 14.2 Å². The minimum Gasteiger partial charge on any atom is -0.453 e. The molecule has 7 rings (SSSR count). The number of methoxy groups -OCH3 is 2. The van der Waals surface area contributed by atoms with E-state index in [0.29, 0.717) is 18.9 Å². The molecule has 15 heteroatoms. The van der Waals surface area contributed by atoms with E-state index in [0.717, 1.165) is 76.5 Å². The Morgan fingerprint density at radius 3 is 1.89 bits per heavy atom. The number of likely N-dealkylation sites (tertiary alicyclic amines) is 2. The van der Waals surface area contributed by atoms with Crippen molar-refractivity contribution < 1.29 is 28.7 Å². The number of imidazole rings is 2. The molecule has 3 aromatic heterocycles. The number of pyridine rings is 1. The van der Waals surface area contributed by atoms with Crippen LogP contribution in [0.4, 0.5) is 9.59 Å². The Balaban J connectivity index is 1.07. The molecule has 2 fully saturated rings. The molecule has 0 saturated carbocycles. The fraction of sp³-hybridized carbons (Fsp3) is 0.500. The number of aromatic nitrogens is 5. The molecule has 2 saturated heterocycles. The molecule has 2 aliphatic heterocycles. The Morgan fingerprint density at radius 2 is 1.35 bits per heavy atom. The third kappa shape index (κ3) is 7.35. The number of ether oxygens (including phenoxy) is 2. The summed E-state index contributed by atoms with van der Waals surface area (Å²) >= 11 is 0. The van der Waals surface area contributed by atoms with Crippen LogP contribution in [0.1, 0.15) is 102 Å². The van der Waals surface area contributed by atoms with Crippen LogP contribution in [0.5, 0.6) is 0 Å². The average molecular weight is 780 g/mol. The fourth-order valence-electron chi connectivity index (χ4n) is 8.53. The number of amides is 4.